The summed E-state index contributed by atoms with van der Waals surface area (Å²) >= 11 is 6.85. The molecule has 0 bridgehead atoms. The van der Waals surface area contributed by atoms with Crippen LogP contribution >= 0.6 is 31.9 Å². The van der Waals surface area contributed by atoms with Gasteiger partial charge in [0.15, 0.2) is 0 Å². The zero-order chi connectivity index (χ0) is 14.7. The highest BCUT2D eigenvalue weighted by Gasteiger charge is 2.21. The van der Waals surface area contributed by atoms with Gasteiger partial charge in [0.1, 0.15) is 17.7 Å². The van der Waals surface area contributed by atoms with Crippen LogP contribution in [-0.2, 0) is 0 Å². The molecule has 2 N–H and O–H groups in total. The third-order valence-corrected chi connectivity index (χ3v) is 4.21. The van der Waals surface area contributed by atoms with Crippen LogP contribution in [0.15, 0.2) is 51.4 Å². The van der Waals surface area contributed by atoms with Crippen LogP contribution < -0.4 is 10.5 Å². The summed E-state index contributed by atoms with van der Waals surface area (Å²) in [5.41, 5.74) is 6.95. The van der Waals surface area contributed by atoms with Gasteiger partial charge in [0.25, 0.3) is 0 Å². The van der Waals surface area contributed by atoms with E-state index in [1.165, 1.54) is 12.1 Å². The second-order valence-corrected chi connectivity index (χ2v) is 6.20. The van der Waals surface area contributed by atoms with Gasteiger partial charge in [-0.15, -0.1) is 0 Å². The van der Waals surface area contributed by atoms with Crippen molar-refractivity contribution in [1.82, 2.24) is 0 Å². The minimum atomic E-state index is -0.372. The summed E-state index contributed by atoms with van der Waals surface area (Å²) in [6, 6.07) is 11.8. The molecular formula is C15H14Br2FNO. The largest absolute Gasteiger partial charge is 0.483 e. The number of halogens is 3. The molecule has 20 heavy (non-hydrogen) atoms. The molecule has 2 nitrogen and oxygen atoms in total. The van der Waals surface area contributed by atoms with E-state index in [1.54, 1.807) is 6.07 Å². The first-order valence-electron chi connectivity index (χ1n) is 6.10. The van der Waals surface area contributed by atoms with E-state index in [0.29, 0.717) is 10.2 Å². The molecule has 0 saturated carbocycles. The molecule has 2 unspecified atom stereocenters. The van der Waals surface area contributed by atoms with Crippen molar-refractivity contribution >= 4 is 31.9 Å². The van der Waals surface area contributed by atoms with Crippen LogP contribution in [0, 0.1) is 5.82 Å². The molecule has 5 heteroatoms. The van der Waals surface area contributed by atoms with Crippen molar-refractivity contribution in [3.8, 4) is 5.75 Å². The highest BCUT2D eigenvalue weighted by atomic mass is 79.9. The number of nitrogens with two attached hydrogens (primary N) is 1. The highest BCUT2D eigenvalue weighted by molar-refractivity contribution is 9.10. The molecule has 0 aliphatic carbocycles. The number of hydrogen-bond donors (Lipinski definition) is 1. The van der Waals surface area contributed by atoms with Crippen molar-refractivity contribution in [2.24, 2.45) is 5.73 Å². The van der Waals surface area contributed by atoms with Gasteiger partial charge in [-0.1, -0.05) is 34.1 Å². The molecule has 0 saturated heterocycles. The Morgan fingerprint density at radius 1 is 1.10 bits per heavy atom. The number of benzene rings is 2. The lowest BCUT2D eigenvalue weighted by Gasteiger charge is -2.24. The van der Waals surface area contributed by atoms with E-state index in [4.69, 9.17) is 10.5 Å². The molecule has 0 amide bonds. The van der Waals surface area contributed by atoms with E-state index in [1.807, 2.05) is 31.2 Å². The predicted octanol–water partition coefficient (Wildman–Crippen LogP) is 4.82. The smallest absolute Gasteiger partial charge is 0.140 e. The zero-order valence-electron chi connectivity index (χ0n) is 10.8. The van der Waals surface area contributed by atoms with Crippen molar-refractivity contribution in [1.29, 1.82) is 0 Å². The summed E-state index contributed by atoms with van der Waals surface area (Å²) < 4.78 is 20.9. The Morgan fingerprint density at radius 3 is 2.45 bits per heavy atom. The van der Waals surface area contributed by atoms with Gasteiger partial charge in [-0.25, -0.2) is 4.39 Å². The Morgan fingerprint density at radius 2 is 1.80 bits per heavy atom. The third kappa shape index (κ3) is 3.59. The fraction of sp³-hybridized carbons (Fsp3) is 0.200. The van der Waals surface area contributed by atoms with Crippen LogP contribution in [0.4, 0.5) is 4.39 Å². The Hall–Kier alpha value is -0.910. The standard InChI is InChI=1S/C15H14Br2FNO/c1-9(19)15(11-4-2-3-5-12(11)16)20-14-8-10(18)6-7-13(14)17/h2-9,15H,19H2,1H3. The second kappa shape index (κ2) is 6.70. The zero-order valence-corrected chi connectivity index (χ0v) is 14.0. The van der Waals surface area contributed by atoms with E-state index >= 15 is 0 Å². The summed E-state index contributed by atoms with van der Waals surface area (Å²) in [5, 5.41) is 0. The molecule has 0 aliphatic rings. The molecule has 2 aromatic rings. The fourth-order valence-electron chi connectivity index (χ4n) is 1.86. The molecule has 2 atom stereocenters. The van der Waals surface area contributed by atoms with Crippen LogP contribution in [0.25, 0.3) is 0 Å². The lowest BCUT2D eigenvalue weighted by molar-refractivity contribution is 0.178. The monoisotopic (exact) mass is 401 g/mol. The first kappa shape index (κ1) is 15.5. The van der Waals surface area contributed by atoms with Crippen LogP contribution in [-0.4, -0.2) is 6.04 Å². The van der Waals surface area contributed by atoms with Crippen molar-refractivity contribution in [3.05, 3.63) is 62.8 Å². The van der Waals surface area contributed by atoms with Gasteiger partial charge in [0.2, 0.25) is 0 Å². The van der Waals surface area contributed by atoms with E-state index in [9.17, 15) is 4.39 Å². The van der Waals surface area contributed by atoms with E-state index < -0.39 is 0 Å². The normalized spacial score (nSPS) is 13.8. The van der Waals surface area contributed by atoms with Crippen LogP contribution in [0.5, 0.6) is 5.75 Å². The average Bonchev–Trinajstić information content (AvgIpc) is 2.40. The molecule has 0 radical (unpaired) electrons. The minimum absolute atomic E-state index is 0.246. The second-order valence-electron chi connectivity index (χ2n) is 4.49. The van der Waals surface area contributed by atoms with Crippen molar-refractivity contribution in [3.63, 3.8) is 0 Å². The molecule has 2 aromatic carbocycles. The van der Waals surface area contributed by atoms with Crippen LogP contribution in [0.3, 0.4) is 0 Å². The molecule has 0 aliphatic heterocycles. The van der Waals surface area contributed by atoms with E-state index in [0.717, 1.165) is 10.0 Å². The lowest BCUT2D eigenvalue weighted by atomic mass is 10.0. The summed E-state index contributed by atoms with van der Waals surface area (Å²) in [6.07, 6.45) is -0.372. The van der Waals surface area contributed by atoms with Gasteiger partial charge in [-0.3, -0.25) is 0 Å². The fourth-order valence-corrected chi connectivity index (χ4v) is 2.71. The number of ether oxygens (including phenoxy) is 1. The number of hydrogen-bond acceptors (Lipinski definition) is 2. The maximum atomic E-state index is 13.3. The molecule has 0 fully saturated rings. The Labute approximate surface area is 134 Å². The maximum Gasteiger partial charge on any atom is 0.140 e. The number of rotatable bonds is 4. The summed E-state index contributed by atoms with van der Waals surface area (Å²) in [6.45, 7) is 1.86. The first-order valence-corrected chi connectivity index (χ1v) is 7.69. The molecule has 106 valence electrons. The first-order chi connectivity index (χ1) is 9.49. The molecule has 2 rings (SSSR count). The molecule has 0 aromatic heterocycles. The summed E-state index contributed by atoms with van der Waals surface area (Å²) in [7, 11) is 0. The van der Waals surface area contributed by atoms with Crippen molar-refractivity contribution in [2.75, 3.05) is 0 Å². The van der Waals surface area contributed by atoms with Crippen LogP contribution in [0.2, 0.25) is 0 Å². The van der Waals surface area contributed by atoms with Gasteiger partial charge in [0, 0.05) is 22.1 Å². The topological polar surface area (TPSA) is 35.2 Å². The van der Waals surface area contributed by atoms with Crippen LogP contribution in [0.1, 0.15) is 18.6 Å². The molecule has 0 spiro atoms. The van der Waals surface area contributed by atoms with E-state index in [2.05, 4.69) is 31.9 Å². The lowest BCUT2D eigenvalue weighted by Crippen LogP contribution is -2.29. The Balaban J connectivity index is 2.36. The Kier molecular flexibility index (Phi) is 5.18. The summed E-state index contributed by atoms with van der Waals surface area (Å²) in [5.74, 6) is 0.0850. The average molecular weight is 403 g/mol. The van der Waals surface area contributed by atoms with Gasteiger partial charge in [0.05, 0.1) is 4.47 Å². The van der Waals surface area contributed by atoms with Crippen molar-refractivity contribution in [2.45, 2.75) is 19.1 Å². The van der Waals surface area contributed by atoms with Gasteiger partial charge >= 0.3 is 0 Å². The summed E-state index contributed by atoms with van der Waals surface area (Å²) in [4.78, 5) is 0. The SMILES string of the molecule is CC(N)C(Oc1cc(F)ccc1Br)c1ccccc1Br. The van der Waals surface area contributed by atoms with Gasteiger partial charge in [-0.05, 0) is 41.1 Å². The van der Waals surface area contributed by atoms with Gasteiger partial charge in [-0.2, -0.15) is 0 Å². The van der Waals surface area contributed by atoms with E-state index in [-0.39, 0.29) is 18.0 Å². The molecular weight excluding hydrogens is 389 g/mol. The van der Waals surface area contributed by atoms with Gasteiger partial charge < -0.3 is 10.5 Å². The maximum absolute atomic E-state index is 13.3. The van der Waals surface area contributed by atoms with Crippen molar-refractivity contribution < 1.29 is 9.13 Å². The quantitative estimate of drug-likeness (QED) is 0.795. The molecule has 0 heterocycles. The highest BCUT2D eigenvalue weighted by Crippen LogP contribution is 2.33. The minimum Gasteiger partial charge on any atom is -0.483 e. The Bertz CT molecular complexity index is 604. The third-order valence-electron chi connectivity index (χ3n) is 2.84. The predicted molar refractivity (Wildman–Crippen MR) is 85.3 cm³/mol.